The minimum Gasteiger partial charge on any atom is -0.326 e. The predicted molar refractivity (Wildman–Crippen MR) is 96.3 cm³/mol. The van der Waals surface area contributed by atoms with Crippen molar-refractivity contribution in [1.29, 1.82) is 0 Å². The summed E-state index contributed by atoms with van der Waals surface area (Å²) in [6.45, 7) is 7.79. The van der Waals surface area contributed by atoms with E-state index >= 15 is 0 Å². The van der Waals surface area contributed by atoms with Crippen molar-refractivity contribution < 1.29 is 4.79 Å². The van der Waals surface area contributed by atoms with Crippen molar-refractivity contribution in [3.63, 3.8) is 0 Å². The van der Waals surface area contributed by atoms with Gasteiger partial charge in [0.15, 0.2) is 0 Å². The Bertz CT molecular complexity index is 873. The summed E-state index contributed by atoms with van der Waals surface area (Å²) >= 11 is 0. The normalized spacial score (nSPS) is 11.7. The lowest BCUT2D eigenvalue weighted by molar-refractivity contribution is -0.123. The van der Waals surface area contributed by atoms with Crippen LogP contribution in [0.4, 0.5) is 5.69 Å². The molecule has 0 spiro atoms. The van der Waals surface area contributed by atoms with Crippen LogP contribution in [0.2, 0.25) is 0 Å². The van der Waals surface area contributed by atoms with Crippen LogP contribution in [0.3, 0.4) is 0 Å². The Balaban J connectivity index is 1.89. The Kier molecular flexibility index (Phi) is 4.09. The second-order valence-corrected chi connectivity index (χ2v) is 6.92. The number of carbonyl (C=O) groups excluding carboxylic acids is 1. The molecule has 5 heteroatoms. The van der Waals surface area contributed by atoms with Crippen molar-refractivity contribution in [1.82, 2.24) is 15.0 Å². The minimum atomic E-state index is -0.437. The van der Waals surface area contributed by atoms with Crippen LogP contribution >= 0.6 is 0 Å². The molecule has 0 radical (unpaired) electrons. The predicted octanol–water partition coefficient (Wildman–Crippen LogP) is 3.97. The molecule has 0 unspecified atom stereocenters. The van der Waals surface area contributed by atoms with Gasteiger partial charge in [0.25, 0.3) is 0 Å². The van der Waals surface area contributed by atoms with Crippen molar-refractivity contribution >= 4 is 22.6 Å². The largest absolute Gasteiger partial charge is 0.326 e. The van der Waals surface area contributed by atoms with Crippen molar-refractivity contribution in [2.24, 2.45) is 5.41 Å². The fourth-order valence-electron chi connectivity index (χ4n) is 2.29. The second kappa shape index (κ2) is 6.07. The van der Waals surface area contributed by atoms with Gasteiger partial charge in [-0.05, 0) is 42.3 Å². The summed E-state index contributed by atoms with van der Waals surface area (Å²) in [4.78, 5) is 13.7. The molecule has 3 aromatic rings. The first-order valence-corrected chi connectivity index (χ1v) is 8.15. The Morgan fingerprint density at radius 3 is 2.33 bits per heavy atom. The maximum absolute atomic E-state index is 12.1. The van der Waals surface area contributed by atoms with E-state index in [1.54, 1.807) is 4.80 Å². The van der Waals surface area contributed by atoms with Gasteiger partial charge < -0.3 is 5.32 Å². The van der Waals surface area contributed by atoms with Gasteiger partial charge in [0.05, 0.1) is 5.69 Å². The second-order valence-electron chi connectivity index (χ2n) is 6.92. The number of hydrogen-bond donors (Lipinski definition) is 1. The summed E-state index contributed by atoms with van der Waals surface area (Å²) in [5.41, 5.74) is 4.04. The SMILES string of the molecule is CCc1ccc(-n2nc3ccc(NC(=O)C(C)(C)C)cc3n2)cc1. The first-order valence-electron chi connectivity index (χ1n) is 8.15. The van der Waals surface area contributed by atoms with Crippen molar-refractivity contribution in [3.8, 4) is 5.69 Å². The van der Waals surface area contributed by atoms with Gasteiger partial charge in [-0.3, -0.25) is 4.79 Å². The van der Waals surface area contributed by atoms with E-state index in [2.05, 4.69) is 34.6 Å². The van der Waals surface area contributed by atoms with Crippen LogP contribution < -0.4 is 5.32 Å². The summed E-state index contributed by atoms with van der Waals surface area (Å²) in [7, 11) is 0. The molecule has 1 heterocycles. The average molecular weight is 322 g/mol. The van der Waals surface area contributed by atoms with E-state index in [0.29, 0.717) is 0 Å². The first-order chi connectivity index (χ1) is 11.4. The fraction of sp³-hybridized carbons (Fsp3) is 0.316. The highest BCUT2D eigenvalue weighted by Crippen LogP contribution is 2.21. The lowest BCUT2D eigenvalue weighted by Crippen LogP contribution is -2.27. The third-order valence-electron chi connectivity index (χ3n) is 3.89. The van der Waals surface area contributed by atoms with Gasteiger partial charge in [-0.1, -0.05) is 39.8 Å². The van der Waals surface area contributed by atoms with Crippen molar-refractivity contribution in [2.45, 2.75) is 34.1 Å². The van der Waals surface area contributed by atoms with Gasteiger partial charge in [-0.2, -0.15) is 4.80 Å². The summed E-state index contributed by atoms with van der Waals surface area (Å²) in [6.07, 6.45) is 1.01. The van der Waals surface area contributed by atoms with E-state index in [1.807, 2.05) is 51.1 Å². The Morgan fingerprint density at radius 2 is 1.71 bits per heavy atom. The maximum Gasteiger partial charge on any atom is 0.229 e. The molecule has 0 atom stereocenters. The highest BCUT2D eigenvalue weighted by molar-refractivity contribution is 5.96. The number of nitrogens with zero attached hydrogens (tertiary/aromatic N) is 3. The molecule has 1 amide bonds. The molecule has 0 aliphatic heterocycles. The van der Waals surface area contributed by atoms with Crippen molar-refractivity contribution in [3.05, 3.63) is 48.0 Å². The molecule has 0 bridgehead atoms. The molecule has 3 rings (SSSR count). The standard InChI is InChI=1S/C19H22N4O/c1-5-13-6-9-15(10-7-13)23-21-16-11-8-14(12-17(16)22-23)20-18(24)19(2,3)4/h6-12H,5H2,1-4H3,(H,20,24). The van der Waals surface area contributed by atoms with Crippen LogP contribution in [0.25, 0.3) is 16.7 Å². The Morgan fingerprint density at radius 1 is 1.04 bits per heavy atom. The van der Waals surface area contributed by atoms with E-state index in [9.17, 15) is 4.79 Å². The topological polar surface area (TPSA) is 59.8 Å². The molecule has 2 aromatic carbocycles. The van der Waals surface area contributed by atoms with E-state index in [-0.39, 0.29) is 5.91 Å². The molecule has 0 fully saturated rings. The van der Waals surface area contributed by atoms with Gasteiger partial charge >= 0.3 is 0 Å². The number of nitrogens with one attached hydrogen (secondary N) is 1. The Hall–Kier alpha value is -2.69. The number of amides is 1. The molecule has 0 aliphatic rings. The van der Waals surface area contributed by atoms with Crippen LogP contribution in [0.5, 0.6) is 0 Å². The maximum atomic E-state index is 12.1. The number of carbonyl (C=O) groups is 1. The molecule has 1 aromatic heterocycles. The smallest absolute Gasteiger partial charge is 0.229 e. The lowest BCUT2D eigenvalue weighted by atomic mass is 9.95. The molecule has 0 saturated heterocycles. The zero-order valence-electron chi connectivity index (χ0n) is 14.5. The summed E-state index contributed by atoms with van der Waals surface area (Å²) in [6, 6.07) is 13.8. The van der Waals surface area contributed by atoms with E-state index in [4.69, 9.17) is 0 Å². The summed E-state index contributed by atoms with van der Waals surface area (Å²) in [5.74, 6) is -0.0237. The van der Waals surface area contributed by atoms with Crippen LogP contribution in [-0.4, -0.2) is 20.9 Å². The fourth-order valence-corrected chi connectivity index (χ4v) is 2.29. The van der Waals surface area contributed by atoms with Gasteiger partial charge in [-0.25, -0.2) is 0 Å². The van der Waals surface area contributed by atoms with Crippen LogP contribution in [0, 0.1) is 5.41 Å². The number of aryl methyl sites for hydroxylation is 1. The van der Waals surface area contributed by atoms with Gasteiger partial charge in [0, 0.05) is 11.1 Å². The highest BCUT2D eigenvalue weighted by atomic mass is 16.2. The lowest BCUT2D eigenvalue weighted by Gasteiger charge is -2.17. The third-order valence-corrected chi connectivity index (χ3v) is 3.89. The van der Waals surface area contributed by atoms with Gasteiger partial charge in [0.1, 0.15) is 11.0 Å². The Labute approximate surface area is 141 Å². The minimum absolute atomic E-state index is 0.0237. The molecule has 0 saturated carbocycles. The molecule has 24 heavy (non-hydrogen) atoms. The highest BCUT2D eigenvalue weighted by Gasteiger charge is 2.21. The van der Waals surface area contributed by atoms with E-state index in [0.717, 1.165) is 28.8 Å². The molecule has 0 aliphatic carbocycles. The third kappa shape index (κ3) is 3.30. The quantitative estimate of drug-likeness (QED) is 0.794. The summed E-state index contributed by atoms with van der Waals surface area (Å²) < 4.78 is 0. The van der Waals surface area contributed by atoms with Crippen LogP contribution in [0.1, 0.15) is 33.3 Å². The zero-order chi connectivity index (χ0) is 17.3. The van der Waals surface area contributed by atoms with Gasteiger partial charge in [-0.15, -0.1) is 10.2 Å². The zero-order valence-corrected chi connectivity index (χ0v) is 14.5. The van der Waals surface area contributed by atoms with E-state index in [1.165, 1.54) is 5.56 Å². The van der Waals surface area contributed by atoms with E-state index < -0.39 is 5.41 Å². The average Bonchev–Trinajstić information content (AvgIpc) is 2.97. The molecule has 124 valence electrons. The molecular weight excluding hydrogens is 300 g/mol. The molecular formula is C19H22N4O. The van der Waals surface area contributed by atoms with Crippen molar-refractivity contribution in [2.75, 3.05) is 5.32 Å². The first kappa shape index (κ1) is 16.2. The number of hydrogen-bond acceptors (Lipinski definition) is 3. The number of fused-ring (bicyclic) bond motifs is 1. The van der Waals surface area contributed by atoms with Crippen LogP contribution in [0.15, 0.2) is 42.5 Å². The summed E-state index contributed by atoms with van der Waals surface area (Å²) in [5, 5.41) is 11.9. The number of rotatable bonds is 3. The molecule has 1 N–H and O–H groups in total. The number of aromatic nitrogens is 3. The monoisotopic (exact) mass is 322 g/mol. The van der Waals surface area contributed by atoms with Crippen LogP contribution in [-0.2, 0) is 11.2 Å². The number of benzene rings is 2. The molecule has 5 nitrogen and oxygen atoms in total. The number of anilines is 1. The van der Waals surface area contributed by atoms with Gasteiger partial charge in [0.2, 0.25) is 5.91 Å².